The average Bonchev–Trinajstić information content (AvgIpc) is 2.67. The molecule has 0 spiro atoms. The van der Waals surface area contributed by atoms with E-state index in [9.17, 15) is 13.2 Å². The molecule has 0 saturated heterocycles. The minimum absolute atomic E-state index is 0.133. The normalized spacial score (nSPS) is 11.9. The van der Waals surface area contributed by atoms with Crippen LogP contribution in [0.15, 0.2) is 71.6 Å². The molecule has 5 nitrogen and oxygen atoms in total. The molecular formula is C22H24N2O3S. The predicted octanol–water partition coefficient (Wildman–Crippen LogP) is 4.05. The molecule has 0 radical (unpaired) electrons. The molecule has 0 aliphatic rings. The van der Waals surface area contributed by atoms with Crippen LogP contribution >= 0.6 is 0 Å². The highest BCUT2D eigenvalue weighted by atomic mass is 32.2. The first-order valence-corrected chi connectivity index (χ1v) is 10.6. The zero-order chi connectivity index (χ0) is 20.3. The van der Waals surface area contributed by atoms with Crippen LogP contribution in [0.25, 0.3) is 10.8 Å². The summed E-state index contributed by atoms with van der Waals surface area (Å²) in [5.74, 6) is -0.148. The molecule has 0 unspecified atom stereocenters. The van der Waals surface area contributed by atoms with Crippen molar-refractivity contribution in [1.29, 1.82) is 0 Å². The maximum absolute atomic E-state index is 12.5. The number of carbonyl (C=O) groups excluding carboxylic acids is 1. The van der Waals surface area contributed by atoms with E-state index in [1.165, 1.54) is 16.4 Å². The summed E-state index contributed by atoms with van der Waals surface area (Å²) in [7, 11) is -1.98. The Kier molecular flexibility index (Phi) is 5.82. The fraction of sp³-hybridized carbons (Fsp3) is 0.227. The first-order valence-electron chi connectivity index (χ1n) is 9.13. The lowest BCUT2D eigenvalue weighted by Crippen LogP contribution is -2.33. The van der Waals surface area contributed by atoms with Gasteiger partial charge in [0.15, 0.2) is 0 Å². The van der Waals surface area contributed by atoms with Gasteiger partial charge in [-0.05, 0) is 54.4 Å². The SMILES string of the molecule is CC(C)N(C)S(=O)(=O)c1ccc(NC(=O)Cc2ccc3ccccc3c2)cc1. The van der Waals surface area contributed by atoms with Crippen LogP contribution in [0, 0.1) is 0 Å². The molecule has 1 amide bonds. The molecule has 3 aromatic rings. The van der Waals surface area contributed by atoms with Crippen molar-refractivity contribution >= 4 is 32.4 Å². The summed E-state index contributed by atoms with van der Waals surface area (Å²) in [6.45, 7) is 3.64. The molecule has 0 aliphatic heterocycles. The molecule has 28 heavy (non-hydrogen) atoms. The van der Waals surface area contributed by atoms with Crippen molar-refractivity contribution in [3.05, 3.63) is 72.3 Å². The summed E-state index contributed by atoms with van der Waals surface area (Å²) >= 11 is 0. The van der Waals surface area contributed by atoms with E-state index in [0.29, 0.717) is 5.69 Å². The number of hydrogen-bond acceptors (Lipinski definition) is 3. The summed E-state index contributed by atoms with van der Waals surface area (Å²) in [4.78, 5) is 12.6. The second-order valence-corrected chi connectivity index (χ2v) is 9.04. The van der Waals surface area contributed by atoms with E-state index in [1.807, 2.05) is 56.3 Å². The molecular weight excluding hydrogens is 372 g/mol. The standard InChI is InChI=1S/C22H24N2O3S/c1-16(2)24(3)28(26,27)21-12-10-20(11-13-21)23-22(25)15-17-8-9-18-6-4-5-7-19(18)14-17/h4-14,16H,15H2,1-3H3,(H,23,25). The van der Waals surface area contributed by atoms with Crippen LogP contribution in [0.2, 0.25) is 0 Å². The van der Waals surface area contributed by atoms with Crippen molar-refractivity contribution in [1.82, 2.24) is 4.31 Å². The van der Waals surface area contributed by atoms with Crippen LogP contribution < -0.4 is 5.32 Å². The number of fused-ring (bicyclic) bond motifs is 1. The molecule has 0 aromatic heterocycles. The van der Waals surface area contributed by atoms with Crippen LogP contribution in [0.1, 0.15) is 19.4 Å². The maximum atomic E-state index is 12.5. The molecule has 0 heterocycles. The lowest BCUT2D eigenvalue weighted by Gasteiger charge is -2.21. The van der Waals surface area contributed by atoms with Crippen molar-refractivity contribution in [2.24, 2.45) is 0 Å². The Hall–Kier alpha value is -2.70. The Balaban J connectivity index is 1.68. The minimum atomic E-state index is -3.53. The number of carbonyl (C=O) groups is 1. The molecule has 146 valence electrons. The van der Waals surface area contributed by atoms with Crippen molar-refractivity contribution in [3.8, 4) is 0 Å². The molecule has 0 aliphatic carbocycles. The Morgan fingerprint density at radius 2 is 1.61 bits per heavy atom. The Morgan fingerprint density at radius 3 is 2.25 bits per heavy atom. The second kappa shape index (κ2) is 8.12. The van der Waals surface area contributed by atoms with Crippen LogP contribution in [-0.2, 0) is 21.2 Å². The number of benzene rings is 3. The van der Waals surface area contributed by atoms with Crippen molar-refractivity contribution < 1.29 is 13.2 Å². The van der Waals surface area contributed by atoms with Crippen LogP contribution in [0.4, 0.5) is 5.69 Å². The van der Waals surface area contributed by atoms with Gasteiger partial charge in [-0.1, -0.05) is 42.5 Å². The molecule has 6 heteroatoms. The maximum Gasteiger partial charge on any atom is 0.243 e. The van der Waals surface area contributed by atoms with Gasteiger partial charge in [-0.2, -0.15) is 4.31 Å². The van der Waals surface area contributed by atoms with E-state index in [-0.39, 0.29) is 23.3 Å². The zero-order valence-corrected chi connectivity index (χ0v) is 17.0. The lowest BCUT2D eigenvalue weighted by atomic mass is 10.0. The minimum Gasteiger partial charge on any atom is -0.326 e. The zero-order valence-electron chi connectivity index (χ0n) is 16.2. The highest BCUT2D eigenvalue weighted by molar-refractivity contribution is 7.89. The highest BCUT2D eigenvalue weighted by Crippen LogP contribution is 2.20. The average molecular weight is 397 g/mol. The summed E-state index contributed by atoms with van der Waals surface area (Å²) in [5, 5.41) is 5.05. The number of nitrogens with one attached hydrogen (secondary N) is 1. The van der Waals surface area contributed by atoms with Crippen molar-refractivity contribution in [2.75, 3.05) is 12.4 Å². The Bertz CT molecular complexity index is 1090. The van der Waals surface area contributed by atoms with Crippen LogP contribution in [-0.4, -0.2) is 31.7 Å². The first kappa shape index (κ1) is 20.0. The molecule has 3 aromatic carbocycles. The topological polar surface area (TPSA) is 66.5 Å². The second-order valence-electron chi connectivity index (χ2n) is 7.05. The third-order valence-corrected chi connectivity index (χ3v) is 6.77. The number of anilines is 1. The molecule has 1 N–H and O–H groups in total. The van der Waals surface area contributed by atoms with E-state index in [1.54, 1.807) is 19.2 Å². The molecule has 0 bridgehead atoms. The van der Waals surface area contributed by atoms with E-state index in [4.69, 9.17) is 0 Å². The lowest BCUT2D eigenvalue weighted by molar-refractivity contribution is -0.115. The number of hydrogen-bond donors (Lipinski definition) is 1. The van der Waals surface area contributed by atoms with E-state index < -0.39 is 10.0 Å². The van der Waals surface area contributed by atoms with Gasteiger partial charge in [-0.15, -0.1) is 0 Å². The monoisotopic (exact) mass is 396 g/mol. The predicted molar refractivity (Wildman–Crippen MR) is 113 cm³/mol. The van der Waals surface area contributed by atoms with E-state index >= 15 is 0 Å². The summed E-state index contributed by atoms with van der Waals surface area (Å²) in [6, 6.07) is 20.1. The van der Waals surface area contributed by atoms with Gasteiger partial charge >= 0.3 is 0 Å². The van der Waals surface area contributed by atoms with Gasteiger partial charge in [0.05, 0.1) is 11.3 Å². The highest BCUT2D eigenvalue weighted by Gasteiger charge is 2.22. The van der Waals surface area contributed by atoms with Crippen LogP contribution in [0.5, 0.6) is 0 Å². The molecule has 3 rings (SSSR count). The van der Waals surface area contributed by atoms with Gasteiger partial charge in [-0.25, -0.2) is 8.42 Å². The smallest absolute Gasteiger partial charge is 0.243 e. The van der Waals surface area contributed by atoms with E-state index in [0.717, 1.165) is 16.3 Å². The first-order chi connectivity index (χ1) is 13.3. The van der Waals surface area contributed by atoms with E-state index in [2.05, 4.69) is 5.32 Å². The third kappa shape index (κ3) is 4.40. The van der Waals surface area contributed by atoms with Gasteiger partial charge in [-0.3, -0.25) is 4.79 Å². The molecule has 0 atom stereocenters. The van der Waals surface area contributed by atoms with Gasteiger partial charge in [0.1, 0.15) is 0 Å². The quantitative estimate of drug-likeness (QED) is 0.684. The summed E-state index contributed by atoms with van der Waals surface area (Å²) < 4.78 is 26.3. The Morgan fingerprint density at radius 1 is 0.964 bits per heavy atom. The fourth-order valence-corrected chi connectivity index (χ4v) is 4.26. The molecule has 0 fully saturated rings. The van der Waals surface area contributed by atoms with Gasteiger partial charge in [0.25, 0.3) is 0 Å². The fourth-order valence-electron chi connectivity index (χ4n) is 2.89. The van der Waals surface area contributed by atoms with Crippen molar-refractivity contribution in [3.63, 3.8) is 0 Å². The van der Waals surface area contributed by atoms with Crippen molar-refractivity contribution in [2.45, 2.75) is 31.2 Å². The number of sulfonamides is 1. The van der Waals surface area contributed by atoms with Gasteiger partial charge in [0.2, 0.25) is 15.9 Å². The molecule has 0 saturated carbocycles. The summed E-state index contributed by atoms with van der Waals surface area (Å²) in [6.07, 6.45) is 0.251. The largest absolute Gasteiger partial charge is 0.326 e. The van der Waals surface area contributed by atoms with Crippen LogP contribution in [0.3, 0.4) is 0 Å². The number of rotatable bonds is 6. The Labute approximate surface area is 166 Å². The number of amides is 1. The van der Waals surface area contributed by atoms with Gasteiger partial charge in [0, 0.05) is 18.8 Å². The third-order valence-electron chi connectivity index (χ3n) is 4.72. The van der Waals surface area contributed by atoms with Gasteiger partial charge < -0.3 is 5.32 Å². The number of nitrogens with zero attached hydrogens (tertiary/aromatic N) is 1. The summed E-state index contributed by atoms with van der Waals surface area (Å²) in [5.41, 5.74) is 1.49.